The van der Waals surface area contributed by atoms with E-state index >= 15 is 0 Å². The molecule has 4 heterocycles. The summed E-state index contributed by atoms with van der Waals surface area (Å²) in [6.45, 7) is 1.02. The zero-order chi connectivity index (χ0) is 32.0. The minimum atomic E-state index is -0.464. The Kier molecular flexibility index (Phi) is 9.18. The highest BCUT2D eigenvalue weighted by Gasteiger charge is 2.34. The SMILES string of the molecule is COc1ccc2cc1-c1cccc(c1)OCC(=O)NCc1ccc(cc1)O[C@@H]1CCN(C(=O)CCc3ccnn3C)C[C@H]1NC2=O. The summed E-state index contributed by atoms with van der Waals surface area (Å²) in [6.07, 6.45) is 2.82. The van der Waals surface area contributed by atoms with Crippen LogP contribution < -0.4 is 24.8 Å². The van der Waals surface area contributed by atoms with Gasteiger partial charge in [0.15, 0.2) is 6.61 Å². The Morgan fingerprint density at radius 2 is 1.87 bits per heavy atom. The van der Waals surface area contributed by atoms with E-state index in [2.05, 4.69) is 15.7 Å². The van der Waals surface area contributed by atoms with Crippen molar-refractivity contribution in [3.8, 4) is 28.4 Å². The predicted molar refractivity (Wildman–Crippen MR) is 171 cm³/mol. The van der Waals surface area contributed by atoms with Crippen molar-refractivity contribution in [2.75, 3.05) is 26.8 Å². The van der Waals surface area contributed by atoms with Crippen molar-refractivity contribution >= 4 is 17.7 Å². The summed E-state index contributed by atoms with van der Waals surface area (Å²) in [7, 11) is 3.43. The molecule has 4 aromatic rings. The summed E-state index contributed by atoms with van der Waals surface area (Å²) < 4.78 is 19.6. The normalized spacial score (nSPS) is 18.3. The van der Waals surface area contributed by atoms with Gasteiger partial charge in [0.1, 0.15) is 23.4 Å². The third-order valence-corrected chi connectivity index (χ3v) is 8.41. The molecule has 2 atom stereocenters. The number of carbonyl (C=O) groups excluding carboxylic acids is 3. The lowest BCUT2D eigenvalue weighted by Gasteiger charge is -2.39. The molecular formula is C35H37N5O6. The molecule has 0 saturated carbocycles. The number of amides is 3. The van der Waals surface area contributed by atoms with Crippen molar-refractivity contribution in [1.82, 2.24) is 25.3 Å². The zero-order valence-electron chi connectivity index (χ0n) is 25.9. The van der Waals surface area contributed by atoms with E-state index in [9.17, 15) is 14.4 Å². The molecule has 6 bridgehead atoms. The molecule has 3 aromatic carbocycles. The van der Waals surface area contributed by atoms with Crippen LogP contribution in [-0.4, -0.2) is 71.4 Å². The molecule has 0 spiro atoms. The Morgan fingerprint density at radius 1 is 1.02 bits per heavy atom. The van der Waals surface area contributed by atoms with Gasteiger partial charge in [0, 0.05) is 62.5 Å². The number of rotatable bonds is 4. The third kappa shape index (κ3) is 7.14. The summed E-state index contributed by atoms with van der Waals surface area (Å²) in [4.78, 5) is 41.4. The van der Waals surface area contributed by atoms with Crippen LogP contribution in [0.2, 0.25) is 0 Å². The lowest BCUT2D eigenvalue weighted by Crippen LogP contribution is -2.58. The largest absolute Gasteiger partial charge is 0.496 e. The molecule has 11 nitrogen and oxygen atoms in total. The van der Waals surface area contributed by atoms with Gasteiger partial charge >= 0.3 is 0 Å². The fraction of sp³-hybridized carbons (Fsp3) is 0.314. The first-order chi connectivity index (χ1) is 22.4. The molecule has 46 heavy (non-hydrogen) atoms. The molecule has 1 aromatic heterocycles. The van der Waals surface area contributed by atoms with Crippen LogP contribution in [0.25, 0.3) is 11.1 Å². The molecule has 3 aliphatic rings. The standard InChI is InChI=1S/C35H37N5O6/c1-39-26(14-16-37-39)9-13-34(42)40-17-15-32-30(21-40)38-35(43)25-8-12-31(44-2)29(19-25)24-4-3-5-28(18-24)45-22-33(41)36-20-23-6-10-27(46-32)11-7-23/h3-8,10-12,14,16,18-19,30,32H,9,13,15,17,20-22H2,1-2H3,(H,36,41)(H,38,43)/t30-,32-/m1/s1. The van der Waals surface area contributed by atoms with Crippen molar-refractivity contribution in [3.63, 3.8) is 0 Å². The molecule has 238 valence electrons. The van der Waals surface area contributed by atoms with Crippen molar-refractivity contribution in [2.24, 2.45) is 7.05 Å². The lowest BCUT2D eigenvalue weighted by molar-refractivity contribution is -0.133. The Morgan fingerprint density at radius 3 is 2.65 bits per heavy atom. The topological polar surface area (TPSA) is 124 Å². The summed E-state index contributed by atoms with van der Waals surface area (Å²) in [6, 6.07) is 21.5. The van der Waals surface area contributed by atoms with Crippen molar-refractivity contribution in [3.05, 3.63) is 95.8 Å². The molecule has 3 amide bonds. The minimum absolute atomic E-state index is 0.0144. The number of ether oxygens (including phenoxy) is 3. The molecule has 11 heteroatoms. The molecule has 1 fully saturated rings. The maximum absolute atomic E-state index is 13.8. The summed E-state index contributed by atoms with van der Waals surface area (Å²) in [5.74, 6) is 1.21. The third-order valence-electron chi connectivity index (χ3n) is 8.41. The Labute approximate surface area is 267 Å². The Hall–Kier alpha value is -5.32. The number of aryl methyl sites for hydroxylation is 2. The van der Waals surface area contributed by atoms with Crippen molar-refractivity contribution in [2.45, 2.75) is 38.0 Å². The van der Waals surface area contributed by atoms with Gasteiger partial charge in [-0.2, -0.15) is 5.10 Å². The van der Waals surface area contributed by atoms with Crippen molar-refractivity contribution < 1.29 is 28.6 Å². The van der Waals surface area contributed by atoms with Crippen LogP contribution in [0.5, 0.6) is 17.2 Å². The van der Waals surface area contributed by atoms with Gasteiger partial charge in [-0.05, 0) is 66.1 Å². The average molecular weight is 624 g/mol. The first-order valence-corrected chi connectivity index (χ1v) is 15.4. The van der Waals surface area contributed by atoms with E-state index in [4.69, 9.17) is 14.2 Å². The van der Waals surface area contributed by atoms with Crippen LogP contribution in [0.1, 0.15) is 34.5 Å². The number of hydrogen-bond acceptors (Lipinski definition) is 7. The molecule has 1 saturated heterocycles. The Balaban J connectivity index is 1.29. The smallest absolute Gasteiger partial charge is 0.258 e. The summed E-state index contributed by atoms with van der Waals surface area (Å²) >= 11 is 0. The number of nitrogens with zero attached hydrogens (tertiary/aromatic N) is 3. The zero-order valence-corrected chi connectivity index (χ0v) is 25.9. The van der Waals surface area contributed by atoms with Crippen LogP contribution in [0.3, 0.4) is 0 Å². The number of likely N-dealkylation sites (tertiary alicyclic amines) is 1. The highest BCUT2D eigenvalue weighted by molar-refractivity contribution is 5.96. The van der Waals surface area contributed by atoms with Gasteiger partial charge in [-0.1, -0.05) is 24.3 Å². The number of fused-ring (bicyclic) bond motifs is 7. The van der Waals surface area contributed by atoms with Gasteiger partial charge in [0.05, 0.1) is 13.2 Å². The number of nitrogens with one attached hydrogen (secondary N) is 2. The van der Waals surface area contributed by atoms with Gasteiger partial charge in [0.25, 0.3) is 11.8 Å². The Bertz CT molecular complexity index is 1720. The predicted octanol–water partition coefficient (Wildman–Crippen LogP) is 3.52. The number of aromatic nitrogens is 2. The molecule has 7 rings (SSSR count). The molecule has 0 aliphatic carbocycles. The minimum Gasteiger partial charge on any atom is -0.496 e. The number of methoxy groups -OCH3 is 1. The van der Waals surface area contributed by atoms with E-state index in [-0.39, 0.29) is 30.4 Å². The first kappa shape index (κ1) is 30.7. The number of hydrogen-bond donors (Lipinski definition) is 2. The second-order valence-corrected chi connectivity index (χ2v) is 11.5. The number of benzene rings is 3. The molecule has 3 aliphatic heterocycles. The van der Waals surface area contributed by atoms with Crippen molar-refractivity contribution in [1.29, 1.82) is 0 Å². The van der Waals surface area contributed by atoms with Gasteiger partial charge in [-0.3, -0.25) is 19.1 Å². The average Bonchev–Trinajstić information content (AvgIpc) is 3.50. The van der Waals surface area contributed by atoms with Gasteiger partial charge < -0.3 is 29.7 Å². The van der Waals surface area contributed by atoms with E-state index in [1.165, 1.54) is 0 Å². The van der Waals surface area contributed by atoms with Crippen LogP contribution in [0.15, 0.2) is 79.0 Å². The van der Waals surface area contributed by atoms with Crippen LogP contribution in [0, 0.1) is 0 Å². The second kappa shape index (κ2) is 13.8. The van der Waals surface area contributed by atoms with E-state index in [0.717, 1.165) is 16.8 Å². The summed E-state index contributed by atoms with van der Waals surface area (Å²) in [5.41, 5.74) is 3.78. The summed E-state index contributed by atoms with van der Waals surface area (Å²) in [5, 5.41) is 10.2. The van der Waals surface area contributed by atoms with Crippen LogP contribution >= 0.6 is 0 Å². The first-order valence-electron chi connectivity index (χ1n) is 15.4. The molecular weight excluding hydrogens is 586 g/mol. The maximum atomic E-state index is 13.8. The quantitative estimate of drug-likeness (QED) is 0.357. The highest BCUT2D eigenvalue weighted by atomic mass is 16.5. The fourth-order valence-corrected chi connectivity index (χ4v) is 5.82. The molecule has 0 radical (unpaired) electrons. The second-order valence-electron chi connectivity index (χ2n) is 11.5. The van der Waals surface area contributed by atoms with Crippen LogP contribution in [0.4, 0.5) is 0 Å². The lowest BCUT2D eigenvalue weighted by atomic mass is 9.98. The molecule has 0 unspecified atom stereocenters. The van der Waals surface area contributed by atoms with E-state index in [0.29, 0.717) is 67.3 Å². The van der Waals surface area contributed by atoms with E-state index in [1.807, 2.05) is 55.6 Å². The van der Waals surface area contributed by atoms with Gasteiger partial charge in [0.2, 0.25) is 5.91 Å². The highest BCUT2D eigenvalue weighted by Crippen LogP contribution is 2.33. The van der Waals surface area contributed by atoms with Crippen LogP contribution in [-0.2, 0) is 29.6 Å². The fourth-order valence-electron chi connectivity index (χ4n) is 5.82. The monoisotopic (exact) mass is 623 g/mol. The molecule has 2 N–H and O–H groups in total. The van der Waals surface area contributed by atoms with E-state index in [1.54, 1.807) is 47.2 Å². The number of carbonyl (C=O) groups is 3. The number of piperidine rings is 1. The van der Waals surface area contributed by atoms with E-state index < -0.39 is 6.04 Å². The van der Waals surface area contributed by atoms with Gasteiger partial charge in [-0.25, -0.2) is 0 Å². The maximum Gasteiger partial charge on any atom is 0.258 e. The van der Waals surface area contributed by atoms with Gasteiger partial charge in [-0.15, -0.1) is 0 Å².